The topological polar surface area (TPSA) is 6.48 Å². The molecule has 0 saturated carbocycles. The number of allylic oxidation sites excluding steroid dienone is 10. The molecule has 0 saturated heterocycles. The van der Waals surface area contributed by atoms with Gasteiger partial charge >= 0.3 is 0 Å². The van der Waals surface area contributed by atoms with Crippen molar-refractivity contribution in [1.82, 2.24) is 0 Å². The number of benzene rings is 6. The lowest BCUT2D eigenvalue weighted by molar-refractivity contribution is 1.21. The maximum absolute atomic E-state index is 3.97. The zero-order chi connectivity index (χ0) is 41.6. The molecule has 57 heavy (non-hydrogen) atoms. The van der Waals surface area contributed by atoms with Gasteiger partial charge in [-0.15, -0.1) is 0 Å². The average molecular weight is 749 g/mol. The van der Waals surface area contributed by atoms with E-state index in [1.54, 1.807) is 12.2 Å². The Morgan fingerprint density at radius 2 is 0.912 bits per heavy atom. The molecule has 0 aromatic heterocycles. The summed E-state index contributed by atoms with van der Waals surface area (Å²) < 4.78 is 0. The monoisotopic (exact) mass is 748 g/mol. The van der Waals surface area contributed by atoms with Crippen LogP contribution in [0.25, 0.3) is 33.0 Å². The van der Waals surface area contributed by atoms with Crippen molar-refractivity contribution in [2.24, 2.45) is 0 Å². The van der Waals surface area contributed by atoms with Gasteiger partial charge in [0.15, 0.2) is 0 Å². The van der Waals surface area contributed by atoms with Crippen LogP contribution < -0.4 is 9.80 Å². The highest BCUT2D eigenvalue weighted by Crippen LogP contribution is 2.37. The van der Waals surface area contributed by atoms with Crippen molar-refractivity contribution in [2.75, 3.05) is 16.8 Å². The summed E-state index contributed by atoms with van der Waals surface area (Å²) in [5, 5.41) is 2.49. The molecule has 2 heteroatoms. The zero-order valence-corrected chi connectivity index (χ0v) is 35.1. The third-order valence-electron chi connectivity index (χ3n) is 9.13. The van der Waals surface area contributed by atoms with Crippen LogP contribution >= 0.6 is 0 Å². The van der Waals surface area contributed by atoms with E-state index >= 15 is 0 Å². The van der Waals surface area contributed by atoms with E-state index in [-0.39, 0.29) is 0 Å². The lowest BCUT2D eigenvalue weighted by Crippen LogP contribution is -2.10. The Labute approximate surface area is 344 Å². The Bertz CT molecular complexity index is 2250. The molecule has 0 aliphatic carbocycles. The van der Waals surface area contributed by atoms with Crippen molar-refractivity contribution in [1.29, 1.82) is 0 Å². The molecular weight excluding hydrogens is 689 g/mol. The maximum atomic E-state index is 3.97. The van der Waals surface area contributed by atoms with E-state index in [4.69, 9.17) is 0 Å². The fourth-order valence-corrected chi connectivity index (χ4v) is 6.22. The van der Waals surface area contributed by atoms with E-state index in [0.29, 0.717) is 0 Å². The fourth-order valence-electron chi connectivity index (χ4n) is 6.22. The number of hydrogen-bond donors (Lipinski definition) is 0. The minimum Gasteiger partial charge on any atom is -0.345 e. The summed E-state index contributed by atoms with van der Waals surface area (Å²) in [4.78, 5) is 4.51. The van der Waals surface area contributed by atoms with Gasteiger partial charge in [0, 0.05) is 35.5 Å². The highest BCUT2D eigenvalue weighted by molar-refractivity contribution is 5.87. The Morgan fingerprint density at radius 3 is 1.33 bits per heavy atom. The quantitative estimate of drug-likeness (QED) is 0.115. The van der Waals surface area contributed by atoms with Crippen LogP contribution in [0.4, 0.5) is 28.4 Å². The molecule has 6 aromatic carbocycles. The first-order valence-electron chi connectivity index (χ1n) is 19.9. The van der Waals surface area contributed by atoms with Gasteiger partial charge in [-0.2, -0.15) is 0 Å². The molecule has 0 heterocycles. The molecule has 2 nitrogen and oxygen atoms in total. The number of anilines is 5. The minimum absolute atomic E-state index is 1.04. The summed E-state index contributed by atoms with van der Waals surface area (Å²) in [7, 11) is 2.12. The minimum atomic E-state index is 1.04. The first kappa shape index (κ1) is 44.8. The molecule has 0 unspecified atom stereocenters. The summed E-state index contributed by atoms with van der Waals surface area (Å²) in [5.74, 6) is 0. The van der Waals surface area contributed by atoms with Crippen LogP contribution in [0, 0.1) is 0 Å². The predicted molar refractivity (Wildman–Crippen MR) is 258 cm³/mol. The molecule has 0 atom stereocenters. The normalized spacial score (nSPS) is 10.8. The first-order chi connectivity index (χ1) is 27.9. The third kappa shape index (κ3) is 11.9. The van der Waals surface area contributed by atoms with E-state index in [0.717, 1.165) is 56.3 Å². The van der Waals surface area contributed by atoms with Crippen molar-refractivity contribution in [3.8, 4) is 11.1 Å². The van der Waals surface area contributed by atoms with E-state index in [9.17, 15) is 0 Å². The Morgan fingerprint density at radius 1 is 0.474 bits per heavy atom. The molecule has 290 valence electrons. The SMILES string of the molecule is C=C/C=C(\C=C)c1ccc(N(c2ccc(/C(C=C)=C/C)cc2)c2ccc(-c3ccc(N(C)c4ccc5ccccc5c4)cc3)cc2)cc1.C=C/C=C\C.CC.CC. The van der Waals surface area contributed by atoms with Crippen molar-refractivity contribution in [2.45, 2.75) is 41.5 Å². The van der Waals surface area contributed by atoms with Crippen LogP contribution in [0.15, 0.2) is 214 Å². The van der Waals surface area contributed by atoms with Crippen LogP contribution in [0.1, 0.15) is 52.7 Å². The van der Waals surface area contributed by atoms with Gasteiger partial charge in [0.05, 0.1) is 0 Å². The van der Waals surface area contributed by atoms with E-state index in [1.165, 1.54) is 16.3 Å². The summed E-state index contributed by atoms with van der Waals surface area (Å²) >= 11 is 0. The molecular formula is C55H60N2. The Balaban J connectivity index is 0.000000885. The van der Waals surface area contributed by atoms with Crippen molar-refractivity contribution >= 4 is 50.4 Å². The van der Waals surface area contributed by atoms with E-state index in [2.05, 4.69) is 189 Å². The van der Waals surface area contributed by atoms with Gasteiger partial charge in [-0.3, -0.25) is 0 Å². The predicted octanol–water partition coefficient (Wildman–Crippen LogP) is 16.9. The summed E-state index contributed by atoms with van der Waals surface area (Å²) in [6.07, 6.45) is 15.2. The average Bonchev–Trinajstić information content (AvgIpc) is 3.28. The van der Waals surface area contributed by atoms with Crippen molar-refractivity contribution in [3.63, 3.8) is 0 Å². The summed E-state index contributed by atoms with van der Waals surface area (Å²) in [5.41, 5.74) is 12.2. The largest absolute Gasteiger partial charge is 0.345 e. The lowest BCUT2D eigenvalue weighted by Gasteiger charge is -2.26. The second-order valence-electron chi connectivity index (χ2n) is 12.4. The van der Waals surface area contributed by atoms with Crippen LogP contribution in [0.5, 0.6) is 0 Å². The molecule has 0 fully saturated rings. The molecule has 0 bridgehead atoms. The standard InChI is InChI=1S/C46H40N2.C5H8.2C2H6/c1-6-12-35(9-4)38-19-28-44(29-20-38)48(43-26-17-37(18-27-43)34(7-2)8-3)45-30-21-40(22-31-45)39-15-24-42(25-16-39)47(5)46-32-23-36-13-10-11-14-41(36)33-46;1-3-5-4-2;2*1-2/h6-33H,1-2,4H2,3,5H3;3-5H,1H2,2H3;2*1-2H3/b34-8+,35-12+;5-4-;;. The molecule has 0 aliphatic rings. The molecule has 0 amide bonds. The van der Waals surface area contributed by atoms with Crippen LogP contribution in [-0.2, 0) is 0 Å². The van der Waals surface area contributed by atoms with Crippen molar-refractivity contribution in [3.05, 3.63) is 226 Å². The second-order valence-corrected chi connectivity index (χ2v) is 12.4. The highest BCUT2D eigenvalue weighted by Gasteiger charge is 2.14. The fraction of sp³-hybridized carbons (Fsp3) is 0.127. The Kier molecular flexibility index (Phi) is 18.8. The second kappa shape index (κ2) is 24.0. The van der Waals surface area contributed by atoms with Crippen LogP contribution in [-0.4, -0.2) is 7.05 Å². The number of fused-ring (bicyclic) bond motifs is 1. The van der Waals surface area contributed by atoms with Crippen LogP contribution in [0.2, 0.25) is 0 Å². The molecule has 0 N–H and O–H groups in total. The molecule has 0 aliphatic heterocycles. The smallest absolute Gasteiger partial charge is 0.0462 e. The first-order valence-corrected chi connectivity index (χ1v) is 19.9. The summed E-state index contributed by atoms with van der Waals surface area (Å²) in [6.45, 7) is 27.3. The van der Waals surface area contributed by atoms with Gasteiger partial charge in [-0.25, -0.2) is 0 Å². The van der Waals surface area contributed by atoms with E-state index in [1.807, 2.05) is 71.9 Å². The summed E-state index contributed by atoms with van der Waals surface area (Å²) in [6, 6.07) is 49.9. The van der Waals surface area contributed by atoms with E-state index < -0.39 is 0 Å². The van der Waals surface area contributed by atoms with Crippen molar-refractivity contribution < 1.29 is 0 Å². The number of nitrogens with zero attached hydrogens (tertiary/aromatic N) is 2. The maximum Gasteiger partial charge on any atom is 0.0462 e. The van der Waals surface area contributed by atoms with Gasteiger partial charge < -0.3 is 9.80 Å². The van der Waals surface area contributed by atoms with Gasteiger partial charge in [0.25, 0.3) is 0 Å². The Hall–Kier alpha value is -6.64. The van der Waals surface area contributed by atoms with Gasteiger partial charge in [0.1, 0.15) is 0 Å². The lowest BCUT2D eigenvalue weighted by atomic mass is 10.0. The molecule has 6 aromatic rings. The molecule has 0 radical (unpaired) electrons. The highest BCUT2D eigenvalue weighted by atomic mass is 15.1. The van der Waals surface area contributed by atoms with Gasteiger partial charge in [-0.05, 0) is 119 Å². The van der Waals surface area contributed by atoms with Crippen LogP contribution in [0.3, 0.4) is 0 Å². The van der Waals surface area contributed by atoms with Gasteiger partial charge in [-0.1, -0.05) is 181 Å². The number of rotatable bonds is 12. The molecule has 0 spiro atoms. The number of hydrogen-bond acceptors (Lipinski definition) is 2. The van der Waals surface area contributed by atoms with Gasteiger partial charge in [0.2, 0.25) is 0 Å². The zero-order valence-electron chi connectivity index (χ0n) is 35.1. The third-order valence-corrected chi connectivity index (χ3v) is 9.13. The molecule has 6 rings (SSSR count).